The summed E-state index contributed by atoms with van der Waals surface area (Å²) in [6, 6.07) is 3.64. The second-order valence-corrected chi connectivity index (χ2v) is 8.04. The quantitative estimate of drug-likeness (QED) is 0.746. The monoisotopic (exact) mass is 404 g/mol. The maximum Gasteiger partial charge on any atom is 0.341 e. The number of aryl methyl sites for hydroxylation is 2. The Kier molecular flexibility index (Phi) is 6.18. The van der Waals surface area contributed by atoms with Crippen molar-refractivity contribution in [3.63, 3.8) is 0 Å². The average Bonchev–Trinajstić information content (AvgIpc) is 3.21. The van der Waals surface area contributed by atoms with Gasteiger partial charge in [0.1, 0.15) is 16.5 Å². The lowest BCUT2D eigenvalue weighted by Crippen LogP contribution is -2.31. The Labute approximate surface area is 167 Å². The number of nitrogens with one attached hydrogen (secondary N) is 1. The molecule has 0 atom stereocenters. The standard InChI is InChI=1S/C20H24N2O5S/c1-12-8-9-14(27-12)10-22(3)17(24)11-26-20(25)18-15-6-4-5-7-16(15)28-19(18)21-13(2)23/h8-9H,4-7,10-11H2,1-3H3,(H,21,23). The lowest BCUT2D eigenvalue weighted by atomic mass is 9.95. The van der Waals surface area contributed by atoms with Crippen LogP contribution in [-0.4, -0.2) is 36.3 Å². The zero-order valence-electron chi connectivity index (χ0n) is 16.3. The summed E-state index contributed by atoms with van der Waals surface area (Å²) in [5, 5.41) is 3.24. The van der Waals surface area contributed by atoms with Crippen molar-refractivity contribution in [2.45, 2.75) is 46.1 Å². The molecule has 0 bridgehead atoms. The Balaban J connectivity index is 1.66. The number of amides is 2. The Morgan fingerprint density at radius 1 is 1.25 bits per heavy atom. The van der Waals surface area contributed by atoms with Crippen molar-refractivity contribution >= 4 is 34.1 Å². The fraction of sp³-hybridized carbons (Fsp3) is 0.450. The zero-order valence-corrected chi connectivity index (χ0v) is 17.1. The van der Waals surface area contributed by atoms with Crippen LogP contribution in [0.25, 0.3) is 0 Å². The Morgan fingerprint density at radius 2 is 2.00 bits per heavy atom. The molecule has 2 amide bonds. The number of likely N-dealkylation sites (N-methyl/N-ethyl adjacent to an activating group) is 1. The molecule has 0 radical (unpaired) electrons. The summed E-state index contributed by atoms with van der Waals surface area (Å²) >= 11 is 1.42. The van der Waals surface area contributed by atoms with E-state index < -0.39 is 5.97 Å². The first-order valence-corrected chi connectivity index (χ1v) is 10.1. The van der Waals surface area contributed by atoms with Gasteiger partial charge < -0.3 is 19.4 Å². The molecule has 0 aliphatic heterocycles. The number of anilines is 1. The van der Waals surface area contributed by atoms with E-state index in [0.717, 1.165) is 41.9 Å². The first-order chi connectivity index (χ1) is 13.3. The van der Waals surface area contributed by atoms with E-state index in [1.54, 1.807) is 7.05 Å². The molecular weight excluding hydrogens is 380 g/mol. The highest BCUT2D eigenvalue weighted by atomic mass is 32.1. The van der Waals surface area contributed by atoms with Crippen molar-refractivity contribution in [2.24, 2.45) is 0 Å². The maximum atomic E-state index is 12.7. The second kappa shape index (κ2) is 8.60. The fourth-order valence-corrected chi connectivity index (χ4v) is 4.55. The van der Waals surface area contributed by atoms with E-state index in [1.807, 2.05) is 19.1 Å². The van der Waals surface area contributed by atoms with Crippen LogP contribution in [0.4, 0.5) is 5.00 Å². The summed E-state index contributed by atoms with van der Waals surface area (Å²) < 4.78 is 10.8. The molecule has 8 heteroatoms. The number of ether oxygens (including phenoxy) is 1. The molecule has 2 heterocycles. The van der Waals surface area contributed by atoms with Crippen LogP contribution in [0.1, 0.15) is 52.1 Å². The minimum absolute atomic E-state index is 0.239. The van der Waals surface area contributed by atoms with Crippen LogP contribution in [0, 0.1) is 6.92 Å². The van der Waals surface area contributed by atoms with Gasteiger partial charge >= 0.3 is 5.97 Å². The summed E-state index contributed by atoms with van der Waals surface area (Å²) in [6.07, 6.45) is 3.73. The van der Waals surface area contributed by atoms with E-state index >= 15 is 0 Å². The van der Waals surface area contributed by atoms with E-state index in [2.05, 4.69) is 5.32 Å². The van der Waals surface area contributed by atoms with Gasteiger partial charge in [-0.25, -0.2) is 4.79 Å². The molecule has 1 N–H and O–H groups in total. The molecule has 0 saturated carbocycles. The SMILES string of the molecule is CC(=O)Nc1sc2c(c1C(=O)OCC(=O)N(C)Cc1ccc(C)o1)CCCC2. The topological polar surface area (TPSA) is 88.8 Å². The average molecular weight is 404 g/mol. The van der Waals surface area contributed by atoms with Crippen LogP contribution in [0.3, 0.4) is 0 Å². The molecule has 150 valence electrons. The number of esters is 1. The van der Waals surface area contributed by atoms with Crippen molar-refractivity contribution in [1.29, 1.82) is 0 Å². The largest absolute Gasteiger partial charge is 0.464 e. The van der Waals surface area contributed by atoms with Crippen molar-refractivity contribution < 1.29 is 23.5 Å². The Morgan fingerprint density at radius 3 is 2.68 bits per heavy atom. The normalized spacial score (nSPS) is 13.0. The van der Waals surface area contributed by atoms with E-state index in [9.17, 15) is 14.4 Å². The Hall–Kier alpha value is -2.61. The number of rotatable bonds is 6. The maximum absolute atomic E-state index is 12.7. The third kappa shape index (κ3) is 4.62. The van der Waals surface area contributed by atoms with Crippen molar-refractivity contribution in [1.82, 2.24) is 4.90 Å². The number of hydrogen-bond donors (Lipinski definition) is 1. The van der Waals surface area contributed by atoms with E-state index in [-0.39, 0.29) is 18.4 Å². The van der Waals surface area contributed by atoms with Gasteiger partial charge in [0.2, 0.25) is 5.91 Å². The lowest BCUT2D eigenvalue weighted by molar-refractivity contribution is -0.134. The first-order valence-electron chi connectivity index (χ1n) is 9.23. The highest BCUT2D eigenvalue weighted by molar-refractivity contribution is 7.17. The first kappa shape index (κ1) is 20.1. The molecule has 7 nitrogen and oxygen atoms in total. The van der Waals surface area contributed by atoms with Crippen LogP contribution in [0.15, 0.2) is 16.5 Å². The third-order valence-electron chi connectivity index (χ3n) is 4.61. The number of thiophene rings is 1. The van der Waals surface area contributed by atoms with Gasteiger partial charge in [0.15, 0.2) is 6.61 Å². The molecule has 1 aliphatic carbocycles. The molecule has 0 saturated heterocycles. The van der Waals surface area contributed by atoms with Gasteiger partial charge in [-0.05, 0) is 50.3 Å². The second-order valence-electron chi connectivity index (χ2n) is 6.93. The molecule has 1 aliphatic rings. The molecule has 0 spiro atoms. The van der Waals surface area contributed by atoms with Gasteiger partial charge in [-0.3, -0.25) is 9.59 Å². The summed E-state index contributed by atoms with van der Waals surface area (Å²) in [5.41, 5.74) is 1.34. The van der Waals surface area contributed by atoms with Crippen LogP contribution in [-0.2, 0) is 33.7 Å². The fourth-order valence-electron chi connectivity index (χ4n) is 3.23. The van der Waals surface area contributed by atoms with Crippen molar-refractivity contribution in [3.05, 3.63) is 39.7 Å². The Bertz CT molecular complexity index is 899. The number of furan rings is 1. The van der Waals surface area contributed by atoms with Crippen LogP contribution in [0.2, 0.25) is 0 Å². The van der Waals surface area contributed by atoms with Gasteiger partial charge in [-0.2, -0.15) is 0 Å². The zero-order chi connectivity index (χ0) is 20.3. The van der Waals surface area contributed by atoms with Gasteiger partial charge in [0.25, 0.3) is 5.91 Å². The molecule has 2 aromatic heterocycles. The van der Waals surface area contributed by atoms with Gasteiger partial charge in [0, 0.05) is 18.8 Å². The minimum Gasteiger partial charge on any atom is -0.464 e. The number of hydrogen-bond acceptors (Lipinski definition) is 6. The van der Waals surface area contributed by atoms with Crippen LogP contribution >= 0.6 is 11.3 Å². The summed E-state index contributed by atoms with van der Waals surface area (Å²) in [5.74, 6) is 0.304. The molecule has 0 fully saturated rings. The summed E-state index contributed by atoms with van der Waals surface area (Å²) in [4.78, 5) is 39.1. The van der Waals surface area contributed by atoms with Gasteiger partial charge in [-0.1, -0.05) is 0 Å². The molecule has 2 aromatic rings. The highest BCUT2D eigenvalue weighted by Crippen LogP contribution is 2.38. The number of carbonyl (C=O) groups excluding carboxylic acids is 3. The summed E-state index contributed by atoms with van der Waals surface area (Å²) in [7, 11) is 1.63. The predicted octanol–water partition coefficient (Wildman–Crippen LogP) is 3.30. The third-order valence-corrected chi connectivity index (χ3v) is 5.81. The predicted molar refractivity (Wildman–Crippen MR) is 105 cm³/mol. The van der Waals surface area contributed by atoms with E-state index in [4.69, 9.17) is 9.15 Å². The van der Waals surface area contributed by atoms with Crippen LogP contribution < -0.4 is 5.32 Å². The molecular formula is C20H24N2O5S. The molecule has 0 aromatic carbocycles. The molecule has 28 heavy (non-hydrogen) atoms. The summed E-state index contributed by atoms with van der Waals surface area (Å²) in [6.45, 7) is 3.18. The molecule has 0 unspecified atom stereocenters. The number of nitrogens with zero attached hydrogens (tertiary/aromatic N) is 1. The van der Waals surface area contributed by atoms with E-state index in [0.29, 0.717) is 22.9 Å². The minimum atomic E-state index is -0.571. The van der Waals surface area contributed by atoms with E-state index in [1.165, 1.54) is 23.2 Å². The van der Waals surface area contributed by atoms with Crippen molar-refractivity contribution in [3.8, 4) is 0 Å². The van der Waals surface area contributed by atoms with Gasteiger partial charge in [0.05, 0.1) is 12.1 Å². The highest BCUT2D eigenvalue weighted by Gasteiger charge is 2.27. The lowest BCUT2D eigenvalue weighted by Gasteiger charge is -2.16. The van der Waals surface area contributed by atoms with Crippen LogP contribution in [0.5, 0.6) is 0 Å². The van der Waals surface area contributed by atoms with Crippen molar-refractivity contribution in [2.75, 3.05) is 19.0 Å². The molecule has 3 rings (SSSR count). The van der Waals surface area contributed by atoms with Gasteiger partial charge in [-0.15, -0.1) is 11.3 Å². The smallest absolute Gasteiger partial charge is 0.341 e. The number of carbonyl (C=O) groups is 3. The number of fused-ring (bicyclic) bond motifs is 1.